The van der Waals surface area contributed by atoms with E-state index in [2.05, 4.69) is 100 Å². The molecule has 3 heterocycles. The third-order valence-corrected chi connectivity index (χ3v) is 11.3. The third kappa shape index (κ3) is 7.08. The smallest absolute Gasteiger partial charge is 0.187 e. The highest BCUT2D eigenvalue weighted by Gasteiger charge is 2.22. The minimum atomic E-state index is 0.533. The van der Waals surface area contributed by atoms with Gasteiger partial charge in [0, 0.05) is 44.2 Å². The molecule has 3 aromatic heterocycles. The summed E-state index contributed by atoms with van der Waals surface area (Å²) >= 11 is 0. The van der Waals surface area contributed by atoms with Gasteiger partial charge in [-0.05, 0) is 47.5 Å². The first kappa shape index (κ1) is 37.2. The molecule has 0 bridgehead atoms. The Balaban J connectivity index is 1.20. The maximum absolute atomic E-state index is 7.50. The molecule has 0 spiro atoms. The predicted octanol–water partition coefficient (Wildman–Crippen LogP) is 14.0. The predicted molar refractivity (Wildman–Crippen MR) is 254 cm³/mol. The molecule has 7 heteroatoms. The summed E-state index contributed by atoms with van der Waals surface area (Å²) in [7, 11) is 0. The average Bonchev–Trinajstić information content (AvgIpc) is 3.70. The van der Waals surface area contributed by atoms with Gasteiger partial charge in [0.25, 0.3) is 0 Å². The summed E-state index contributed by atoms with van der Waals surface area (Å²) in [4.78, 5) is 29.6. The summed E-state index contributed by atoms with van der Waals surface area (Å²) in [5, 5.41) is 2.24. The fraction of sp³-hybridized carbons (Fsp3) is 0. The summed E-state index contributed by atoms with van der Waals surface area (Å²) in [6, 6.07) is 71.8. The van der Waals surface area contributed by atoms with Crippen molar-refractivity contribution < 1.29 is 0 Å². The van der Waals surface area contributed by atoms with E-state index in [0.29, 0.717) is 29.0 Å². The standard InChI is InChI=1S/C56H35N7/c1-57-44-30-26-37(27-31-44)42-28-32-46-45-24-14-15-25-50(45)63(52(46)35-42)51-33-29-43(55-61-53(40-20-10-4-11-21-40)60-54(62-55)41-22-12-5-13-23-41)34-47(51)56-58-48(38-16-6-2-7-17-38)36-49(59-56)39-18-8-3-9-19-39/h2-36H. The van der Waals surface area contributed by atoms with E-state index in [9.17, 15) is 0 Å². The van der Waals surface area contributed by atoms with Crippen LogP contribution >= 0.6 is 0 Å². The molecule has 0 saturated heterocycles. The molecular formula is C56H35N7. The Morgan fingerprint density at radius 2 is 0.810 bits per heavy atom. The Morgan fingerprint density at radius 3 is 1.38 bits per heavy atom. The van der Waals surface area contributed by atoms with E-state index in [-0.39, 0.29) is 0 Å². The molecule has 0 fully saturated rings. The lowest BCUT2D eigenvalue weighted by molar-refractivity contribution is 1.07. The van der Waals surface area contributed by atoms with Crippen molar-refractivity contribution >= 4 is 27.5 Å². The maximum Gasteiger partial charge on any atom is 0.187 e. The van der Waals surface area contributed by atoms with E-state index < -0.39 is 0 Å². The molecule has 0 amide bonds. The van der Waals surface area contributed by atoms with Crippen LogP contribution in [0.5, 0.6) is 0 Å². The van der Waals surface area contributed by atoms with Gasteiger partial charge in [0.2, 0.25) is 0 Å². The quantitative estimate of drug-likeness (QED) is 0.143. The molecule has 0 atom stereocenters. The largest absolute Gasteiger partial charge is 0.308 e. The zero-order valence-electron chi connectivity index (χ0n) is 33.8. The SMILES string of the molecule is [C-]#[N+]c1ccc(-c2ccc3c4ccccc4n(-c4ccc(-c5nc(-c6ccccc6)nc(-c6ccccc6)n5)cc4-c4nc(-c5ccccc5)cc(-c5ccccc5)n4)c3c2)cc1. The van der Waals surface area contributed by atoms with Gasteiger partial charge in [0.15, 0.2) is 29.0 Å². The van der Waals surface area contributed by atoms with Crippen LogP contribution in [-0.2, 0) is 0 Å². The maximum atomic E-state index is 7.50. The molecule has 294 valence electrons. The fourth-order valence-electron chi connectivity index (χ4n) is 8.21. The molecule has 0 aliphatic carbocycles. The van der Waals surface area contributed by atoms with E-state index in [0.717, 1.165) is 83.4 Å². The highest BCUT2D eigenvalue weighted by molar-refractivity contribution is 6.10. The minimum Gasteiger partial charge on any atom is -0.308 e. The van der Waals surface area contributed by atoms with Crippen molar-refractivity contribution in [2.24, 2.45) is 0 Å². The zero-order valence-corrected chi connectivity index (χ0v) is 33.8. The summed E-state index contributed by atoms with van der Waals surface area (Å²) < 4.78 is 2.32. The molecule has 0 unspecified atom stereocenters. The van der Waals surface area contributed by atoms with E-state index in [1.54, 1.807) is 0 Å². The van der Waals surface area contributed by atoms with Crippen LogP contribution in [0.1, 0.15) is 0 Å². The van der Waals surface area contributed by atoms with Crippen LogP contribution in [0.2, 0.25) is 0 Å². The van der Waals surface area contributed by atoms with Gasteiger partial charge < -0.3 is 4.57 Å². The number of aromatic nitrogens is 6. The lowest BCUT2D eigenvalue weighted by Crippen LogP contribution is -2.04. The van der Waals surface area contributed by atoms with Crippen LogP contribution in [0.25, 0.3) is 112 Å². The number of hydrogen-bond donors (Lipinski definition) is 0. The Bertz CT molecular complexity index is 3370. The highest BCUT2D eigenvalue weighted by Crippen LogP contribution is 2.40. The molecule has 11 aromatic rings. The summed E-state index contributed by atoms with van der Waals surface area (Å²) in [6.45, 7) is 7.50. The second kappa shape index (κ2) is 16.0. The second-order valence-electron chi connectivity index (χ2n) is 15.2. The molecule has 11 rings (SSSR count). The number of fused-ring (bicyclic) bond motifs is 3. The van der Waals surface area contributed by atoms with Crippen LogP contribution < -0.4 is 0 Å². The summed E-state index contributed by atoms with van der Waals surface area (Å²) in [5.41, 5.74) is 12.6. The first-order chi connectivity index (χ1) is 31.2. The van der Waals surface area contributed by atoms with Gasteiger partial charge in [-0.2, -0.15) is 0 Å². The van der Waals surface area contributed by atoms with Gasteiger partial charge in [-0.1, -0.05) is 176 Å². The minimum absolute atomic E-state index is 0.533. The monoisotopic (exact) mass is 805 g/mol. The normalized spacial score (nSPS) is 11.2. The molecule has 0 N–H and O–H groups in total. The topological polar surface area (TPSA) is 73.7 Å². The number of nitrogens with zero attached hydrogens (tertiary/aromatic N) is 7. The number of benzene rings is 8. The lowest BCUT2D eigenvalue weighted by Gasteiger charge is -2.17. The molecule has 63 heavy (non-hydrogen) atoms. The van der Waals surface area contributed by atoms with Gasteiger partial charge in [-0.25, -0.2) is 29.8 Å². The van der Waals surface area contributed by atoms with E-state index >= 15 is 0 Å². The van der Waals surface area contributed by atoms with E-state index in [1.165, 1.54) is 0 Å². The Kier molecular flexibility index (Phi) is 9.41. The van der Waals surface area contributed by atoms with Crippen LogP contribution in [0, 0.1) is 6.57 Å². The molecule has 8 aromatic carbocycles. The lowest BCUT2D eigenvalue weighted by atomic mass is 10.0. The Morgan fingerprint density at radius 1 is 0.333 bits per heavy atom. The third-order valence-electron chi connectivity index (χ3n) is 11.3. The first-order valence-corrected chi connectivity index (χ1v) is 20.7. The van der Waals surface area contributed by atoms with Crippen molar-refractivity contribution in [3.05, 3.63) is 224 Å². The van der Waals surface area contributed by atoms with Crippen molar-refractivity contribution in [1.82, 2.24) is 29.5 Å². The fourth-order valence-corrected chi connectivity index (χ4v) is 8.21. The van der Waals surface area contributed by atoms with Crippen molar-refractivity contribution in [1.29, 1.82) is 0 Å². The molecule has 0 aliphatic rings. The molecule has 0 saturated carbocycles. The average molecular weight is 806 g/mol. The molecule has 0 aliphatic heterocycles. The van der Waals surface area contributed by atoms with E-state index in [1.807, 2.05) is 121 Å². The van der Waals surface area contributed by atoms with Gasteiger partial charge >= 0.3 is 0 Å². The number of para-hydroxylation sites is 1. The van der Waals surface area contributed by atoms with Crippen molar-refractivity contribution in [3.8, 4) is 84.9 Å². The summed E-state index contributed by atoms with van der Waals surface area (Å²) in [5.74, 6) is 2.26. The van der Waals surface area contributed by atoms with Gasteiger partial charge in [-0.3, -0.25) is 0 Å². The Labute approximate surface area is 364 Å². The van der Waals surface area contributed by atoms with Gasteiger partial charge in [0.1, 0.15) is 0 Å². The van der Waals surface area contributed by atoms with Crippen LogP contribution in [0.4, 0.5) is 5.69 Å². The Hall–Kier alpha value is -8.86. The van der Waals surface area contributed by atoms with Crippen molar-refractivity contribution in [2.75, 3.05) is 0 Å². The number of rotatable bonds is 8. The molecule has 0 radical (unpaired) electrons. The summed E-state index contributed by atoms with van der Waals surface area (Å²) in [6.07, 6.45) is 0. The van der Waals surface area contributed by atoms with Crippen LogP contribution in [-0.4, -0.2) is 29.5 Å². The highest BCUT2D eigenvalue weighted by atomic mass is 15.0. The molecular weight excluding hydrogens is 771 g/mol. The van der Waals surface area contributed by atoms with Crippen molar-refractivity contribution in [3.63, 3.8) is 0 Å². The van der Waals surface area contributed by atoms with Gasteiger partial charge in [-0.15, -0.1) is 0 Å². The van der Waals surface area contributed by atoms with Crippen molar-refractivity contribution in [2.45, 2.75) is 0 Å². The van der Waals surface area contributed by atoms with E-state index in [4.69, 9.17) is 31.5 Å². The van der Waals surface area contributed by atoms with Gasteiger partial charge in [0.05, 0.1) is 34.7 Å². The second-order valence-corrected chi connectivity index (χ2v) is 15.2. The van der Waals surface area contributed by atoms with Crippen LogP contribution in [0.15, 0.2) is 212 Å². The first-order valence-electron chi connectivity index (χ1n) is 20.7. The molecule has 7 nitrogen and oxygen atoms in total. The van der Waals surface area contributed by atoms with Crippen LogP contribution in [0.3, 0.4) is 0 Å². The number of hydrogen-bond acceptors (Lipinski definition) is 5. The zero-order chi connectivity index (χ0) is 42.1.